The van der Waals surface area contributed by atoms with Crippen LogP contribution in [0.2, 0.25) is 0 Å². The summed E-state index contributed by atoms with van der Waals surface area (Å²) >= 11 is 3.56. The summed E-state index contributed by atoms with van der Waals surface area (Å²) < 4.78 is 15.2. The van der Waals surface area contributed by atoms with Crippen molar-refractivity contribution in [1.29, 1.82) is 0 Å². The molecular weight excluding hydrogens is 423 g/mol. The average molecular weight is 440 g/mol. The lowest BCUT2D eigenvalue weighted by Gasteiger charge is -2.31. The first-order valence-corrected chi connectivity index (χ1v) is 9.44. The van der Waals surface area contributed by atoms with E-state index in [1.165, 1.54) is 12.1 Å². The smallest absolute Gasteiger partial charge is 0.273 e. The van der Waals surface area contributed by atoms with E-state index in [2.05, 4.69) is 27.5 Å². The van der Waals surface area contributed by atoms with Crippen molar-refractivity contribution in [3.8, 4) is 0 Å². The third kappa shape index (κ3) is 2.75. The number of nitrogens with zero attached hydrogens (tertiary/aromatic N) is 3. The van der Waals surface area contributed by atoms with E-state index in [4.69, 9.17) is 10.7 Å². The molecule has 0 radical (unpaired) electrons. The maximum Gasteiger partial charge on any atom is 0.273 e. The number of halogens is 2. The molecule has 2 aromatic rings. The van der Waals surface area contributed by atoms with Gasteiger partial charge in [0.1, 0.15) is 18.9 Å². The Morgan fingerprint density at radius 3 is 2.79 bits per heavy atom. The number of fused-ring (bicyclic) bond motifs is 3. The topological polar surface area (TPSA) is 67.8 Å². The summed E-state index contributed by atoms with van der Waals surface area (Å²) in [6.45, 7) is 4.50. The fourth-order valence-electron chi connectivity index (χ4n) is 3.73. The fraction of sp³-hybridized carbons (Fsp3) is 0.0952. The zero-order valence-electron chi connectivity index (χ0n) is 14.9. The highest BCUT2D eigenvalue weighted by Crippen LogP contribution is 2.40. The molecule has 2 aromatic carbocycles. The molecule has 0 aliphatic carbocycles. The van der Waals surface area contributed by atoms with Crippen molar-refractivity contribution < 1.29 is 9.18 Å². The molecule has 28 heavy (non-hydrogen) atoms. The zero-order chi connectivity index (χ0) is 19.9. The van der Waals surface area contributed by atoms with Crippen LogP contribution in [0.4, 0.5) is 10.1 Å². The largest absolute Gasteiger partial charge is 0.364 e. The van der Waals surface area contributed by atoms with E-state index in [0.717, 1.165) is 15.7 Å². The van der Waals surface area contributed by atoms with Gasteiger partial charge in [0.25, 0.3) is 5.91 Å². The molecule has 0 saturated carbocycles. The third-order valence-electron chi connectivity index (χ3n) is 4.95. The summed E-state index contributed by atoms with van der Waals surface area (Å²) in [4.78, 5) is 21.0. The lowest BCUT2D eigenvalue weighted by molar-refractivity contribution is -0.114. The van der Waals surface area contributed by atoms with Gasteiger partial charge in [-0.15, -0.1) is 0 Å². The Kier molecular flexibility index (Phi) is 4.56. The van der Waals surface area contributed by atoms with Gasteiger partial charge in [0.2, 0.25) is 6.34 Å². The highest BCUT2D eigenvalue weighted by molar-refractivity contribution is 9.10. The van der Waals surface area contributed by atoms with Crippen LogP contribution in [0.3, 0.4) is 0 Å². The molecule has 0 spiro atoms. The van der Waals surface area contributed by atoms with E-state index in [1.807, 2.05) is 24.3 Å². The molecule has 140 valence electrons. The van der Waals surface area contributed by atoms with Crippen molar-refractivity contribution in [1.82, 2.24) is 4.48 Å². The van der Waals surface area contributed by atoms with Gasteiger partial charge in [-0.05, 0) is 24.3 Å². The lowest BCUT2D eigenvalue weighted by Crippen LogP contribution is -2.47. The van der Waals surface area contributed by atoms with Crippen molar-refractivity contribution in [2.75, 3.05) is 13.1 Å². The van der Waals surface area contributed by atoms with Crippen LogP contribution in [0.15, 0.2) is 81.0 Å². The monoisotopic (exact) mass is 439 g/mol. The molecule has 2 aliphatic rings. The average Bonchev–Trinajstić information content (AvgIpc) is 2.97. The number of amides is 1. The van der Waals surface area contributed by atoms with Crippen molar-refractivity contribution in [2.24, 2.45) is 15.7 Å². The predicted octanol–water partition coefficient (Wildman–Crippen LogP) is 3.67. The number of quaternary nitrogens is 1. The van der Waals surface area contributed by atoms with Gasteiger partial charge in [0.05, 0.1) is 11.3 Å². The van der Waals surface area contributed by atoms with Gasteiger partial charge in [0.15, 0.2) is 17.1 Å². The van der Waals surface area contributed by atoms with Gasteiger partial charge in [-0.3, -0.25) is 9.79 Å². The summed E-state index contributed by atoms with van der Waals surface area (Å²) in [5, 5.41) is 0. The number of carbonyl (C=O) groups is 1. The Hall–Kier alpha value is -2.90. The van der Waals surface area contributed by atoms with Crippen LogP contribution in [-0.2, 0) is 4.79 Å². The van der Waals surface area contributed by atoms with E-state index in [9.17, 15) is 9.18 Å². The molecule has 2 aliphatic heterocycles. The molecular formula is C21H17BrFN4O+. The van der Waals surface area contributed by atoms with Crippen molar-refractivity contribution in [2.45, 2.75) is 0 Å². The van der Waals surface area contributed by atoms with Gasteiger partial charge < -0.3 is 5.73 Å². The van der Waals surface area contributed by atoms with Crippen LogP contribution in [0.5, 0.6) is 0 Å². The first-order chi connectivity index (χ1) is 13.5. The fourth-order valence-corrected chi connectivity index (χ4v) is 4.20. The third-order valence-corrected chi connectivity index (χ3v) is 5.64. The van der Waals surface area contributed by atoms with Crippen molar-refractivity contribution in [3.05, 3.63) is 87.9 Å². The summed E-state index contributed by atoms with van der Waals surface area (Å²) in [5.74, 6) is -0.979. The number of hydrogen-bond donors (Lipinski definition) is 1. The number of rotatable bonds is 4. The number of aliphatic imine (C=N–C) groups is 2. The van der Waals surface area contributed by atoms with Crippen LogP contribution in [0, 0.1) is 5.82 Å². The first-order valence-electron chi connectivity index (χ1n) is 8.65. The molecule has 4 rings (SSSR count). The lowest BCUT2D eigenvalue weighted by atomic mass is 9.99. The Morgan fingerprint density at radius 2 is 2.07 bits per heavy atom. The summed E-state index contributed by atoms with van der Waals surface area (Å²) in [5.41, 5.74) is 9.29. The number of carbonyl (C=O) groups excluding carboxylic acids is 1. The maximum atomic E-state index is 14.3. The molecule has 0 aromatic heterocycles. The Bertz CT molecular complexity index is 1110. The second-order valence-electron chi connectivity index (χ2n) is 6.55. The molecule has 1 unspecified atom stereocenters. The van der Waals surface area contributed by atoms with Gasteiger partial charge in [-0.25, -0.2) is 8.87 Å². The minimum Gasteiger partial charge on any atom is -0.364 e. The van der Waals surface area contributed by atoms with Crippen LogP contribution >= 0.6 is 15.9 Å². The zero-order valence-corrected chi connectivity index (χ0v) is 16.5. The van der Waals surface area contributed by atoms with E-state index in [1.54, 1.807) is 18.5 Å². The molecule has 7 heteroatoms. The van der Waals surface area contributed by atoms with E-state index < -0.39 is 5.91 Å². The number of benzene rings is 2. The Morgan fingerprint density at radius 1 is 1.29 bits per heavy atom. The molecule has 1 atom stereocenters. The number of nitrogens with two attached hydrogens (primary N) is 1. The number of hydrogen-bond acceptors (Lipinski definition) is 3. The van der Waals surface area contributed by atoms with Crippen LogP contribution in [0.1, 0.15) is 11.1 Å². The minimum absolute atomic E-state index is 0.120. The van der Waals surface area contributed by atoms with Gasteiger partial charge in [-0.1, -0.05) is 40.7 Å². The second kappa shape index (κ2) is 6.92. The van der Waals surface area contributed by atoms with Gasteiger partial charge in [-0.2, -0.15) is 4.99 Å². The quantitative estimate of drug-likeness (QED) is 0.572. The molecule has 0 bridgehead atoms. The molecule has 0 saturated heterocycles. The normalized spacial score (nSPS) is 20.3. The maximum absolute atomic E-state index is 14.3. The van der Waals surface area contributed by atoms with E-state index in [0.29, 0.717) is 23.5 Å². The van der Waals surface area contributed by atoms with Gasteiger partial charge >= 0.3 is 0 Å². The molecule has 0 fully saturated rings. The van der Waals surface area contributed by atoms with E-state index in [-0.39, 0.29) is 22.5 Å². The first kappa shape index (κ1) is 18.5. The molecule has 1 amide bonds. The predicted molar refractivity (Wildman–Crippen MR) is 113 cm³/mol. The van der Waals surface area contributed by atoms with Crippen molar-refractivity contribution >= 4 is 39.6 Å². The summed E-state index contributed by atoms with van der Waals surface area (Å²) in [6.07, 6.45) is 3.40. The molecule has 2 N–H and O–H groups in total. The SMILES string of the molecule is C=CC[N+]12C=NC(C(N)=O)=C1CN=C(c1ccccc1Br)c1cc(F)ccc12. The molecule has 2 heterocycles. The van der Waals surface area contributed by atoms with Crippen LogP contribution < -0.4 is 10.2 Å². The highest BCUT2D eigenvalue weighted by Gasteiger charge is 2.45. The van der Waals surface area contributed by atoms with E-state index >= 15 is 0 Å². The van der Waals surface area contributed by atoms with Gasteiger partial charge in [0, 0.05) is 16.1 Å². The standard InChI is InChI=1S/C21H16BrFN4O/c1-2-9-27-12-26-20(21(24)28)18(27)11-25-19(14-5-3-4-6-16(14)22)15-10-13(23)7-8-17(15)27/h2-8,10,12H,1,9,11H2,(H-,24,28)/p+1. The Labute approximate surface area is 170 Å². The van der Waals surface area contributed by atoms with Crippen LogP contribution in [0.25, 0.3) is 0 Å². The minimum atomic E-state index is -0.612. The second-order valence-corrected chi connectivity index (χ2v) is 7.40. The Balaban J connectivity index is 2.06. The molecule has 5 nitrogen and oxygen atoms in total. The van der Waals surface area contributed by atoms with Crippen LogP contribution in [-0.4, -0.2) is 31.0 Å². The summed E-state index contributed by atoms with van der Waals surface area (Å²) in [6, 6.07) is 12.2. The highest BCUT2D eigenvalue weighted by atomic mass is 79.9. The number of primary amides is 1. The summed E-state index contributed by atoms with van der Waals surface area (Å²) in [7, 11) is 0. The van der Waals surface area contributed by atoms with Crippen molar-refractivity contribution in [3.63, 3.8) is 0 Å².